The first kappa shape index (κ1) is 20.7. The highest BCUT2D eigenvalue weighted by Crippen LogP contribution is 2.20. The third-order valence-electron chi connectivity index (χ3n) is 4.45. The summed E-state index contributed by atoms with van der Waals surface area (Å²) in [5.41, 5.74) is 0.712. The van der Waals surface area contributed by atoms with E-state index in [1.165, 1.54) is 29.2 Å². The molecule has 1 fully saturated rings. The van der Waals surface area contributed by atoms with Crippen molar-refractivity contribution in [1.82, 2.24) is 9.80 Å². The molecule has 0 saturated carbocycles. The number of hydrogen-bond donors (Lipinski definition) is 1. The standard InChI is InChI=1S/C18H18ClF2N3O3S/c19-15-4-1-12(9-17(15)21)11-23-5-7-24(8-6-23)18(25)14-3-2-13(10-16(14)20)22-28(26)27/h1-4,9-10,22H,5-8,11H2,(H,26,27)/p-1. The number of nitrogens with one attached hydrogen (secondary N) is 1. The zero-order chi connectivity index (χ0) is 20.3. The normalized spacial score (nSPS) is 16.1. The van der Waals surface area contributed by atoms with Gasteiger partial charge in [0.05, 0.1) is 10.6 Å². The topological polar surface area (TPSA) is 75.7 Å². The largest absolute Gasteiger partial charge is 0.755 e. The van der Waals surface area contributed by atoms with E-state index >= 15 is 0 Å². The summed E-state index contributed by atoms with van der Waals surface area (Å²) in [4.78, 5) is 16.2. The van der Waals surface area contributed by atoms with Crippen molar-refractivity contribution < 1.29 is 22.3 Å². The third kappa shape index (κ3) is 5.05. The van der Waals surface area contributed by atoms with Gasteiger partial charge >= 0.3 is 0 Å². The maximum absolute atomic E-state index is 14.2. The lowest BCUT2D eigenvalue weighted by molar-refractivity contribution is 0.0624. The number of piperazine rings is 1. The zero-order valence-corrected chi connectivity index (χ0v) is 16.2. The molecular weight excluding hydrogens is 412 g/mol. The Kier molecular flexibility index (Phi) is 6.61. The highest BCUT2D eigenvalue weighted by Gasteiger charge is 2.24. The first-order valence-electron chi connectivity index (χ1n) is 8.44. The van der Waals surface area contributed by atoms with Crippen molar-refractivity contribution >= 4 is 34.5 Å². The maximum Gasteiger partial charge on any atom is 0.256 e. The van der Waals surface area contributed by atoms with Gasteiger partial charge in [0.1, 0.15) is 11.6 Å². The molecule has 1 N–H and O–H groups in total. The minimum Gasteiger partial charge on any atom is -0.755 e. The lowest BCUT2D eigenvalue weighted by atomic mass is 10.1. The van der Waals surface area contributed by atoms with Crippen LogP contribution in [0, 0.1) is 11.6 Å². The molecule has 1 atom stereocenters. The van der Waals surface area contributed by atoms with Crippen molar-refractivity contribution in [3.63, 3.8) is 0 Å². The number of carbonyl (C=O) groups excluding carboxylic acids is 1. The van der Waals surface area contributed by atoms with E-state index in [1.54, 1.807) is 6.07 Å². The highest BCUT2D eigenvalue weighted by molar-refractivity contribution is 7.80. The van der Waals surface area contributed by atoms with E-state index in [0.717, 1.165) is 11.6 Å². The summed E-state index contributed by atoms with van der Waals surface area (Å²) in [5.74, 6) is -1.72. The lowest BCUT2D eigenvalue weighted by Crippen LogP contribution is -2.48. The summed E-state index contributed by atoms with van der Waals surface area (Å²) in [7, 11) is 0. The second kappa shape index (κ2) is 8.95. The molecule has 0 radical (unpaired) electrons. The summed E-state index contributed by atoms with van der Waals surface area (Å²) < 4.78 is 51.0. The van der Waals surface area contributed by atoms with Crippen molar-refractivity contribution in [1.29, 1.82) is 0 Å². The molecule has 0 aromatic heterocycles. The first-order valence-corrected chi connectivity index (χ1v) is 9.90. The second-order valence-corrected chi connectivity index (χ2v) is 7.43. The summed E-state index contributed by atoms with van der Waals surface area (Å²) >= 11 is 3.12. The fraction of sp³-hybridized carbons (Fsp3) is 0.278. The molecule has 2 aromatic rings. The van der Waals surface area contributed by atoms with Gasteiger partial charge in [0.25, 0.3) is 5.91 Å². The van der Waals surface area contributed by atoms with Crippen LogP contribution in [0.2, 0.25) is 5.02 Å². The molecule has 0 aliphatic carbocycles. The summed E-state index contributed by atoms with van der Waals surface area (Å²) in [6.07, 6.45) is 0. The Balaban J connectivity index is 1.59. The highest BCUT2D eigenvalue weighted by atomic mass is 35.5. The lowest BCUT2D eigenvalue weighted by Gasteiger charge is -2.35. The average molecular weight is 429 g/mol. The predicted octanol–water partition coefficient (Wildman–Crippen LogP) is 2.78. The van der Waals surface area contributed by atoms with Gasteiger partial charge in [-0.2, -0.15) is 0 Å². The van der Waals surface area contributed by atoms with E-state index in [9.17, 15) is 22.3 Å². The number of benzene rings is 2. The fourth-order valence-corrected chi connectivity index (χ4v) is 3.46. The number of carbonyl (C=O) groups is 1. The predicted molar refractivity (Wildman–Crippen MR) is 102 cm³/mol. The molecule has 1 unspecified atom stereocenters. The van der Waals surface area contributed by atoms with Gasteiger partial charge in [0.2, 0.25) is 0 Å². The Hall–Kier alpha value is -2.07. The molecule has 1 amide bonds. The molecule has 0 bridgehead atoms. The van der Waals surface area contributed by atoms with E-state index in [4.69, 9.17) is 11.6 Å². The van der Waals surface area contributed by atoms with Crippen molar-refractivity contribution in [3.05, 3.63) is 64.2 Å². The number of nitrogens with zero attached hydrogens (tertiary/aromatic N) is 2. The van der Waals surface area contributed by atoms with Gasteiger partial charge in [-0.3, -0.25) is 13.9 Å². The number of rotatable bonds is 5. The molecular formula is C18H17ClF2N3O3S-. The van der Waals surface area contributed by atoms with Crippen LogP contribution >= 0.6 is 11.6 Å². The van der Waals surface area contributed by atoms with E-state index < -0.39 is 28.8 Å². The SMILES string of the molecule is O=C(c1ccc(NS(=O)[O-])cc1F)N1CCN(Cc2ccc(Cl)c(F)c2)CC1. The fourth-order valence-electron chi connectivity index (χ4n) is 3.02. The molecule has 1 saturated heterocycles. The van der Waals surface area contributed by atoms with Crippen LogP contribution in [0.4, 0.5) is 14.5 Å². The third-order valence-corrected chi connectivity index (χ3v) is 5.16. The van der Waals surface area contributed by atoms with E-state index in [2.05, 4.69) is 4.90 Å². The van der Waals surface area contributed by atoms with Crippen LogP contribution in [0.15, 0.2) is 36.4 Å². The number of halogens is 3. The average Bonchev–Trinajstić information content (AvgIpc) is 2.64. The Bertz CT molecular complexity index is 908. The van der Waals surface area contributed by atoms with Gasteiger partial charge in [-0.1, -0.05) is 17.7 Å². The van der Waals surface area contributed by atoms with Crippen molar-refractivity contribution in [2.24, 2.45) is 0 Å². The molecule has 10 heteroatoms. The van der Waals surface area contributed by atoms with Crippen LogP contribution in [-0.2, 0) is 17.8 Å². The Morgan fingerprint density at radius 2 is 1.82 bits per heavy atom. The van der Waals surface area contributed by atoms with Crippen molar-refractivity contribution in [3.8, 4) is 0 Å². The minimum atomic E-state index is -2.57. The Morgan fingerprint density at radius 1 is 1.11 bits per heavy atom. The number of hydrogen-bond acceptors (Lipinski definition) is 4. The smallest absolute Gasteiger partial charge is 0.256 e. The van der Waals surface area contributed by atoms with Crippen LogP contribution in [0.1, 0.15) is 15.9 Å². The molecule has 1 aliphatic heterocycles. The summed E-state index contributed by atoms with van der Waals surface area (Å²) in [5, 5.41) is 0.0731. The molecule has 1 aliphatic rings. The molecule has 1 heterocycles. The van der Waals surface area contributed by atoms with Crippen molar-refractivity contribution in [2.75, 3.05) is 30.9 Å². The molecule has 28 heavy (non-hydrogen) atoms. The molecule has 150 valence electrons. The first-order chi connectivity index (χ1) is 13.3. The Morgan fingerprint density at radius 3 is 2.43 bits per heavy atom. The van der Waals surface area contributed by atoms with Crippen LogP contribution in [0.25, 0.3) is 0 Å². The van der Waals surface area contributed by atoms with Gasteiger partial charge in [0.15, 0.2) is 0 Å². The second-order valence-electron chi connectivity index (χ2n) is 6.35. The molecule has 0 spiro atoms. The van der Waals surface area contributed by atoms with Gasteiger partial charge in [0, 0.05) is 49.7 Å². The summed E-state index contributed by atoms with van der Waals surface area (Å²) in [6, 6.07) is 8.21. The Labute approximate surface area is 168 Å². The van der Waals surface area contributed by atoms with Gasteiger partial charge in [-0.15, -0.1) is 0 Å². The van der Waals surface area contributed by atoms with E-state index in [0.29, 0.717) is 32.7 Å². The van der Waals surface area contributed by atoms with Crippen LogP contribution in [0.5, 0.6) is 0 Å². The minimum absolute atomic E-state index is 0.0439. The van der Waals surface area contributed by atoms with E-state index in [-0.39, 0.29) is 16.3 Å². The number of amides is 1. The maximum atomic E-state index is 14.2. The quantitative estimate of drug-likeness (QED) is 0.743. The van der Waals surface area contributed by atoms with Crippen LogP contribution < -0.4 is 4.72 Å². The molecule has 2 aromatic carbocycles. The number of anilines is 1. The van der Waals surface area contributed by atoms with Gasteiger partial charge < -0.3 is 14.2 Å². The van der Waals surface area contributed by atoms with Gasteiger partial charge in [-0.05, 0) is 35.9 Å². The van der Waals surface area contributed by atoms with E-state index in [1.807, 2.05) is 4.72 Å². The summed E-state index contributed by atoms with van der Waals surface area (Å²) in [6.45, 7) is 2.45. The monoisotopic (exact) mass is 428 g/mol. The van der Waals surface area contributed by atoms with Gasteiger partial charge in [-0.25, -0.2) is 8.78 Å². The van der Waals surface area contributed by atoms with Crippen LogP contribution in [0.3, 0.4) is 0 Å². The molecule has 3 rings (SSSR count). The van der Waals surface area contributed by atoms with Crippen LogP contribution in [-0.4, -0.2) is 50.6 Å². The zero-order valence-electron chi connectivity index (χ0n) is 14.7. The molecule has 6 nitrogen and oxygen atoms in total. The van der Waals surface area contributed by atoms with Crippen molar-refractivity contribution in [2.45, 2.75) is 6.54 Å².